The molecule has 0 saturated heterocycles. The van der Waals surface area contributed by atoms with Gasteiger partial charge in [-0.2, -0.15) is 13.2 Å². The van der Waals surface area contributed by atoms with E-state index in [2.05, 4.69) is 10.3 Å². The Balaban J connectivity index is 2.39. The molecule has 8 nitrogen and oxygen atoms in total. The molecule has 0 aliphatic heterocycles. The van der Waals surface area contributed by atoms with E-state index in [0.717, 1.165) is 11.0 Å². The lowest BCUT2D eigenvalue weighted by molar-refractivity contribution is -0.141. The lowest BCUT2D eigenvalue weighted by Gasteiger charge is -2.33. The third-order valence-electron chi connectivity index (χ3n) is 4.28. The average molecular weight is 454 g/mol. The number of hydrogen-bond acceptors (Lipinski definition) is 5. The van der Waals surface area contributed by atoms with Crippen LogP contribution in [0.4, 0.5) is 18.0 Å². The SMILES string of the molecule is CC(C)(C)N(Cc1cc(Oc2cccc(C(=O)NCCN)c2)nc(C(F)(F)F)c1)C(=O)O. The number of halogens is 3. The Kier molecular flexibility index (Phi) is 7.68. The summed E-state index contributed by atoms with van der Waals surface area (Å²) in [6, 6.07) is 7.85. The van der Waals surface area contributed by atoms with Crippen LogP contribution in [-0.2, 0) is 12.7 Å². The van der Waals surface area contributed by atoms with E-state index < -0.39 is 29.4 Å². The molecule has 0 aliphatic carbocycles. The molecule has 0 unspecified atom stereocenters. The number of benzene rings is 1. The average Bonchev–Trinajstić information content (AvgIpc) is 2.68. The number of rotatable bonds is 7. The highest BCUT2D eigenvalue weighted by Gasteiger charge is 2.34. The number of nitrogens with two attached hydrogens (primary N) is 1. The van der Waals surface area contributed by atoms with Crippen molar-refractivity contribution in [3.05, 3.63) is 53.2 Å². The molecule has 174 valence electrons. The van der Waals surface area contributed by atoms with E-state index in [1.807, 2.05) is 0 Å². The molecule has 0 bridgehead atoms. The summed E-state index contributed by atoms with van der Waals surface area (Å²) >= 11 is 0. The first-order chi connectivity index (χ1) is 14.8. The molecule has 0 atom stereocenters. The first kappa shape index (κ1) is 24.9. The fourth-order valence-corrected chi connectivity index (χ4v) is 2.73. The Labute approximate surface area is 183 Å². The molecule has 0 radical (unpaired) electrons. The van der Waals surface area contributed by atoms with Crippen LogP contribution in [0.1, 0.15) is 42.4 Å². The van der Waals surface area contributed by atoms with Gasteiger partial charge in [-0.25, -0.2) is 9.78 Å². The fraction of sp³-hybridized carbons (Fsp3) is 0.381. The molecule has 0 aliphatic rings. The van der Waals surface area contributed by atoms with Gasteiger partial charge in [-0.15, -0.1) is 0 Å². The smallest absolute Gasteiger partial charge is 0.433 e. The van der Waals surface area contributed by atoms with Gasteiger partial charge in [0, 0.05) is 36.8 Å². The second-order valence-corrected chi connectivity index (χ2v) is 7.91. The van der Waals surface area contributed by atoms with E-state index in [-0.39, 0.29) is 42.4 Å². The Morgan fingerprint density at radius 1 is 1.19 bits per heavy atom. The standard InChI is InChI=1S/C21H25F3N4O4/c1-20(2,3)28(19(30)31)12-13-9-16(21(22,23)24)27-17(10-13)32-15-6-4-5-14(11-15)18(29)26-8-7-25/h4-6,9-11H,7-8,12,25H2,1-3H3,(H,26,29)(H,30,31). The van der Waals surface area contributed by atoms with Crippen LogP contribution in [0.15, 0.2) is 36.4 Å². The van der Waals surface area contributed by atoms with E-state index in [1.54, 1.807) is 20.8 Å². The zero-order chi connectivity index (χ0) is 24.1. The van der Waals surface area contributed by atoms with Gasteiger partial charge in [-0.1, -0.05) is 6.07 Å². The summed E-state index contributed by atoms with van der Waals surface area (Å²) in [5, 5.41) is 12.0. The van der Waals surface area contributed by atoms with Gasteiger partial charge < -0.3 is 20.9 Å². The highest BCUT2D eigenvalue weighted by molar-refractivity contribution is 5.94. The molecule has 11 heteroatoms. The lowest BCUT2D eigenvalue weighted by Crippen LogP contribution is -2.44. The minimum absolute atomic E-state index is 0.0523. The van der Waals surface area contributed by atoms with Crippen LogP contribution >= 0.6 is 0 Å². The number of hydrogen-bond donors (Lipinski definition) is 3. The zero-order valence-corrected chi connectivity index (χ0v) is 17.9. The number of aromatic nitrogens is 1. The summed E-state index contributed by atoms with van der Waals surface area (Å²) in [6.07, 6.45) is -6.05. The van der Waals surface area contributed by atoms with Crippen molar-refractivity contribution in [3.63, 3.8) is 0 Å². The summed E-state index contributed by atoms with van der Waals surface area (Å²) in [4.78, 5) is 28.2. The van der Waals surface area contributed by atoms with E-state index in [0.29, 0.717) is 0 Å². The van der Waals surface area contributed by atoms with Crippen LogP contribution in [0.2, 0.25) is 0 Å². The molecule has 2 aromatic rings. The van der Waals surface area contributed by atoms with Crippen molar-refractivity contribution < 1.29 is 32.6 Å². The van der Waals surface area contributed by atoms with Crippen LogP contribution in [-0.4, -0.2) is 45.6 Å². The fourth-order valence-electron chi connectivity index (χ4n) is 2.73. The van der Waals surface area contributed by atoms with Gasteiger partial charge >= 0.3 is 12.3 Å². The van der Waals surface area contributed by atoms with E-state index in [9.17, 15) is 27.9 Å². The zero-order valence-electron chi connectivity index (χ0n) is 17.9. The number of alkyl halides is 3. The van der Waals surface area contributed by atoms with Gasteiger partial charge in [0.2, 0.25) is 5.88 Å². The molecule has 0 saturated carbocycles. The van der Waals surface area contributed by atoms with Crippen molar-refractivity contribution >= 4 is 12.0 Å². The van der Waals surface area contributed by atoms with Crippen LogP contribution in [0.3, 0.4) is 0 Å². The maximum absolute atomic E-state index is 13.4. The van der Waals surface area contributed by atoms with Crippen LogP contribution in [0.5, 0.6) is 11.6 Å². The monoisotopic (exact) mass is 454 g/mol. The van der Waals surface area contributed by atoms with Crippen molar-refractivity contribution in [2.24, 2.45) is 5.73 Å². The second-order valence-electron chi connectivity index (χ2n) is 7.91. The molecule has 1 aromatic carbocycles. The third kappa shape index (κ3) is 6.84. The van der Waals surface area contributed by atoms with Crippen molar-refractivity contribution in [1.82, 2.24) is 15.2 Å². The Hall–Kier alpha value is -3.34. The van der Waals surface area contributed by atoms with Crippen LogP contribution < -0.4 is 15.8 Å². The number of ether oxygens (including phenoxy) is 1. The predicted molar refractivity (Wildman–Crippen MR) is 110 cm³/mol. The number of carbonyl (C=O) groups is 2. The van der Waals surface area contributed by atoms with Gasteiger partial charge in [0.25, 0.3) is 5.91 Å². The number of carbonyl (C=O) groups excluding carboxylic acids is 1. The summed E-state index contributed by atoms with van der Waals surface area (Å²) in [5.41, 5.74) is 3.56. The summed E-state index contributed by atoms with van der Waals surface area (Å²) in [7, 11) is 0. The molecule has 2 amide bonds. The molecule has 1 heterocycles. The number of amides is 2. The van der Waals surface area contributed by atoms with E-state index >= 15 is 0 Å². The molecule has 2 rings (SSSR count). The van der Waals surface area contributed by atoms with E-state index in [1.165, 1.54) is 30.3 Å². The lowest BCUT2D eigenvalue weighted by atomic mass is 10.1. The highest BCUT2D eigenvalue weighted by atomic mass is 19.4. The molecule has 0 spiro atoms. The molecule has 0 fully saturated rings. The Morgan fingerprint density at radius 2 is 1.88 bits per heavy atom. The predicted octanol–water partition coefficient (Wildman–Crippen LogP) is 3.86. The number of nitrogens with zero attached hydrogens (tertiary/aromatic N) is 2. The van der Waals surface area contributed by atoms with Gasteiger partial charge in [0.05, 0.1) is 0 Å². The summed E-state index contributed by atoms with van der Waals surface area (Å²) < 4.78 is 45.7. The maximum Gasteiger partial charge on any atom is 0.433 e. The first-order valence-electron chi connectivity index (χ1n) is 9.66. The van der Waals surface area contributed by atoms with Crippen LogP contribution in [0.25, 0.3) is 0 Å². The van der Waals surface area contributed by atoms with Crippen molar-refractivity contribution in [2.45, 2.75) is 39.0 Å². The molecule has 32 heavy (non-hydrogen) atoms. The quantitative estimate of drug-likeness (QED) is 0.585. The van der Waals surface area contributed by atoms with Gasteiger partial charge in [-0.3, -0.25) is 9.69 Å². The Bertz CT molecular complexity index is 974. The molecule has 1 aromatic heterocycles. The number of carboxylic acid groups (broad SMARTS) is 1. The highest BCUT2D eigenvalue weighted by Crippen LogP contribution is 2.32. The second kappa shape index (κ2) is 9.86. The van der Waals surface area contributed by atoms with Gasteiger partial charge in [0.1, 0.15) is 11.4 Å². The Morgan fingerprint density at radius 3 is 2.44 bits per heavy atom. The van der Waals surface area contributed by atoms with Crippen molar-refractivity contribution in [1.29, 1.82) is 0 Å². The number of pyridine rings is 1. The topological polar surface area (TPSA) is 118 Å². The minimum atomic E-state index is -4.77. The van der Waals surface area contributed by atoms with Crippen LogP contribution in [0, 0.1) is 0 Å². The summed E-state index contributed by atoms with van der Waals surface area (Å²) in [6.45, 7) is 5.10. The summed E-state index contributed by atoms with van der Waals surface area (Å²) in [5.74, 6) is -0.705. The third-order valence-corrected chi connectivity index (χ3v) is 4.28. The largest absolute Gasteiger partial charge is 0.465 e. The number of nitrogens with one attached hydrogen (secondary N) is 1. The molecular formula is C21H25F3N4O4. The molecule has 4 N–H and O–H groups in total. The first-order valence-corrected chi connectivity index (χ1v) is 9.66. The minimum Gasteiger partial charge on any atom is -0.465 e. The van der Waals surface area contributed by atoms with Gasteiger partial charge in [0.15, 0.2) is 0 Å². The normalized spacial score (nSPS) is 11.7. The van der Waals surface area contributed by atoms with Crippen molar-refractivity contribution in [3.8, 4) is 11.6 Å². The molecular weight excluding hydrogens is 429 g/mol. The van der Waals surface area contributed by atoms with Gasteiger partial charge in [-0.05, 0) is 50.6 Å². The van der Waals surface area contributed by atoms with Crippen molar-refractivity contribution in [2.75, 3.05) is 13.1 Å². The maximum atomic E-state index is 13.4. The van der Waals surface area contributed by atoms with E-state index in [4.69, 9.17) is 10.5 Å².